The topological polar surface area (TPSA) is 58.6 Å². The summed E-state index contributed by atoms with van der Waals surface area (Å²) in [6.45, 7) is 13.0. The molecule has 6 heteroatoms. The maximum Gasteiger partial charge on any atom is 0.261 e. The van der Waals surface area contributed by atoms with E-state index in [0.717, 1.165) is 22.0 Å². The Morgan fingerprint density at radius 2 is 1.84 bits per heavy atom. The Balaban J connectivity index is 2.18. The predicted octanol–water partition coefficient (Wildman–Crippen LogP) is 5.38. The number of carbonyl (C=O) groups excluding carboxylic acids is 2. The van der Waals surface area contributed by atoms with Crippen molar-refractivity contribution in [2.75, 3.05) is 13.2 Å². The van der Waals surface area contributed by atoms with Gasteiger partial charge in [0.1, 0.15) is 11.8 Å². The fourth-order valence-electron chi connectivity index (χ4n) is 3.26. The Morgan fingerprint density at radius 3 is 2.44 bits per heavy atom. The van der Waals surface area contributed by atoms with Crippen LogP contribution in [-0.2, 0) is 21.5 Å². The molecule has 0 saturated heterocycles. The van der Waals surface area contributed by atoms with E-state index in [1.807, 2.05) is 56.3 Å². The van der Waals surface area contributed by atoms with Crippen molar-refractivity contribution in [3.8, 4) is 5.75 Å². The molecule has 0 aliphatic carbocycles. The molecule has 0 aliphatic rings. The number of nitrogens with one attached hydrogen (secondary N) is 1. The van der Waals surface area contributed by atoms with Crippen LogP contribution in [0.4, 0.5) is 0 Å². The van der Waals surface area contributed by atoms with Crippen molar-refractivity contribution in [1.29, 1.82) is 0 Å². The van der Waals surface area contributed by atoms with Gasteiger partial charge in [-0.05, 0) is 70.4 Å². The van der Waals surface area contributed by atoms with Crippen molar-refractivity contribution in [3.63, 3.8) is 0 Å². The maximum absolute atomic E-state index is 13.2. The smallest absolute Gasteiger partial charge is 0.261 e. The second-order valence-corrected chi connectivity index (χ2v) is 9.95. The second-order valence-electron chi connectivity index (χ2n) is 9.10. The zero-order valence-corrected chi connectivity index (χ0v) is 21.6. The van der Waals surface area contributed by atoms with Crippen molar-refractivity contribution in [3.05, 3.63) is 63.6 Å². The molecule has 0 aliphatic heterocycles. The molecule has 0 radical (unpaired) electrons. The molecule has 0 unspecified atom stereocenters. The molecule has 0 spiro atoms. The highest BCUT2D eigenvalue weighted by molar-refractivity contribution is 9.10. The molecule has 2 amide bonds. The third kappa shape index (κ3) is 7.09. The van der Waals surface area contributed by atoms with Gasteiger partial charge in [-0.25, -0.2) is 0 Å². The van der Waals surface area contributed by atoms with E-state index in [1.54, 1.807) is 11.8 Å². The van der Waals surface area contributed by atoms with E-state index < -0.39 is 6.04 Å². The van der Waals surface area contributed by atoms with Crippen LogP contribution in [0.15, 0.2) is 46.9 Å². The lowest BCUT2D eigenvalue weighted by Crippen LogP contribution is -2.49. The zero-order chi connectivity index (χ0) is 23.9. The lowest BCUT2D eigenvalue weighted by molar-refractivity contribution is -0.142. The number of rotatable bonds is 9. The molecule has 0 heterocycles. The van der Waals surface area contributed by atoms with Gasteiger partial charge in [0.05, 0.1) is 4.47 Å². The minimum atomic E-state index is -0.607. The van der Waals surface area contributed by atoms with Crippen LogP contribution in [0.3, 0.4) is 0 Å². The van der Waals surface area contributed by atoms with Crippen LogP contribution in [-0.4, -0.2) is 35.9 Å². The zero-order valence-electron chi connectivity index (χ0n) is 20.0. The summed E-state index contributed by atoms with van der Waals surface area (Å²) in [5.74, 6) is 0.203. The summed E-state index contributed by atoms with van der Waals surface area (Å²) in [5, 5.41) is 2.89. The van der Waals surface area contributed by atoms with E-state index in [0.29, 0.717) is 18.8 Å². The predicted molar refractivity (Wildman–Crippen MR) is 133 cm³/mol. The van der Waals surface area contributed by atoms with Crippen molar-refractivity contribution in [1.82, 2.24) is 10.2 Å². The minimum Gasteiger partial charge on any atom is -0.483 e. The highest BCUT2D eigenvalue weighted by atomic mass is 79.9. The number of hydrogen-bond acceptors (Lipinski definition) is 3. The fraction of sp³-hybridized carbons (Fsp3) is 0.462. The highest BCUT2D eigenvalue weighted by Crippen LogP contribution is 2.31. The summed E-state index contributed by atoms with van der Waals surface area (Å²) in [7, 11) is 0. The third-order valence-corrected chi connectivity index (χ3v) is 6.09. The fourth-order valence-corrected chi connectivity index (χ4v) is 3.75. The maximum atomic E-state index is 13.2. The van der Waals surface area contributed by atoms with Gasteiger partial charge in [-0.15, -0.1) is 0 Å². The summed E-state index contributed by atoms with van der Waals surface area (Å²) in [5.41, 5.74) is 3.27. The molecule has 0 fully saturated rings. The van der Waals surface area contributed by atoms with Crippen LogP contribution in [0.5, 0.6) is 5.75 Å². The number of halogens is 1. The molecule has 5 nitrogen and oxygen atoms in total. The number of benzene rings is 2. The molecular weight excluding hydrogens is 468 g/mol. The SMILES string of the molecule is CCCNC(=O)[C@H](C)N(Cc1ccccc1C)C(=O)COc1ccc(C(C)(C)C)cc1Br. The molecule has 1 atom stereocenters. The van der Waals surface area contributed by atoms with Gasteiger partial charge in [-0.3, -0.25) is 9.59 Å². The molecule has 0 aromatic heterocycles. The van der Waals surface area contributed by atoms with Crippen molar-refractivity contribution in [2.24, 2.45) is 0 Å². The average Bonchev–Trinajstić information content (AvgIpc) is 2.74. The Hall–Kier alpha value is -2.34. The number of aryl methyl sites for hydroxylation is 1. The van der Waals surface area contributed by atoms with Gasteiger partial charge in [0.2, 0.25) is 5.91 Å². The summed E-state index contributed by atoms with van der Waals surface area (Å²) in [6, 6.07) is 13.2. The molecular formula is C26H35BrN2O3. The van der Waals surface area contributed by atoms with E-state index in [4.69, 9.17) is 4.74 Å². The van der Waals surface area contributed by atoms with Crippen molar-refractivity contribution < 1.29 is 14.3 Å². The molecule has 2 rings (SSSR count). The first-order chi connectivity index (χ1) is 15.0. The van der Waals surface area contributed by atoms with E-state index in [-0.39, 0.29) is 23.8 Å². The van der Waals surface area contributed by atoms with Gasteiger partial charge >= 0.3 is 0 Å². The highest BCUT2D eigenvalue weighted by Gasteiger charge is 2.27. The molecule has 1 N–H and O–H groups in total. The van der Waals surface area contributed by atoms with E-state index in [1.165, 1.54) is 5.56 Å². The summed E-state index contributed by atoms with van der Waals surface area (Å²) in [4.78, 5) is 27.4. The Labute approximate surface area is 200 Å². The number of nitrogens with zero attached hydrogens (tertiary/aromatic N) is 1. The number of hydrogen-bond donors (Lipinski definition) is 1. The molecule has 174 valence electrons. The van der Waals surface area contributed by atoms with Crippen LogP contribution < -0.4 is 10.1 Å². The number of ether oxygens (including phenoxy) is 1. The van der Waals surface area contributed by atoms with Gasteiger partial charge in [-0.2, -0.15) is 0 Å². The van der Waals surface area contributed by atoms with Crippen molar-refractivity contribution in [2.45, 2.75) is 66.0 Å². The molecule has 32 heavy (non-hydrogen) atoms. The van der Waals surface area contributed by atoms with Crippen LogP contribution in [0, 0.1) is 6.92 Å². The van der Waals surface area contributed by atoms with Gasteiger partial charge in [-0.1, -0.05) is 58.0 Å². The van der Waals surface area contributed by atoms with Crippen LogP contribution in [0.2, 0.25) is 0 Å². The summed E-state index contributed by atoms with van der Waals surface area (Å²) < 4.78 is 6.66. The monoisotopic (exact) mass is 502 g/mol. The van der Waals surface area contributed by atoms with E-state index >= 15 is 0 Å². The first kappa shape index (κ1) is 25.9. The molecule has 2 aromatic rings. The normalized spacial score (nSPS) is 12.2. The van der Waals surface area contributed by atoms with Crippen LogP contribution >= 0.6 is 15.9 Å². The molecule has 0 saturated carbocycles. The van der Waals surface area contributed by atoms with E-state index in [2.05, 4.69) is 42.0 Å². The second kappa shape index (κ2) is 11.5. The Kier molecular flexibility index (Phi) is 9.32. The van der Waals surface area contributed by atoms with Gasteiger partial charge in [0.15, 0.2) is 6.61 Å². The van der Waals surface area contributed by atoms with Gasteiger partial charge in [0.25, 0.3) is 5.91 Å². The summed E-state index contributed by atoms with van der Waals surface area (Å²) >= 11 is 3.56. The first-order valence-electron chi connectivity index (χ1n) is 11.1. The molecule has 0 bridgehead atoms. The quantitative estimate of drug-likeness (QED) is 0.500. The van der Waals surface area contributed by atoms with Crippen LogP contribution in [0.1, 0.15) is 57.7 Å². The Morgan fingerprint density at radius 1 is 1.16 bits per heavy atom. The van der Waals surface area contributed by atoms with Gasteiger partial charge < -0.3 is 15.0 Å². The van der Waals surface area contributed by atoms with E-state index in [9.17, 15) is 9.59 Å². The van der Waals surface area contributed by atoms with Crippen molar-refractivity contribution >= 4 is 27.7 Å². The van der Waals surface area contributed by atoms with Crippen LogP contribution in [0.25, 0.3) is 0 Å². The third-order valence-electron chi connectivity index (χ3n) is 5.47. The largest absolute Gasteiger partial charge is 0.483 e. The minimum absolute atomic E-state index is 0.0164. The number of amides is 2. The summed E-state index contributed by atoms with van der Waals surface area (Å²) in [6.07, 6.45) is 0.839. The Bertz CT molecular complexity index is 937. The number of carbonyl (C=O) groups is 2. The lowest BCUT2D eigenvalue weighted by atomic mass is 9.87. The average molecular weight is 503 g/mol. The van der Waals surface area contributed by atoms with Gasteiger partial charge in [0, 0.05) is 13.1 Å². The first-order valence-corrected chi connectivity index (χ1v) is 11.9. The molecule has 2 aromatic carbocycles. The standard InChI is InChI=1S/C26H35BrN2O3/c1-7-14-28-25(31)19(3)29(16-20-11-9-8-10-18(20)2)24(30)17-32-23-13-12-21(15-22(23)27)26(4,5)6/h8-13,15,19H,7,14,16-17H2,1-6H3,(H,28,31)/t19-/m0/s1. The lowest BCUT2D eigenvalue weighted by Gasteiger charge is -2.29.